The zero-order valence-electron chi connectivity index (χ0n) is 10.3. The third kappa shape index (κ3) is 3.34. The van der Waals surface area contributed by atoms with Gasteiger partial charge in [0.1, 0.15) is 5.83 Å². The zero-order valence-corrected chi connectivity index (χ0v) is 12.7. The highest BCUT2D eigenvalue weighted by molar-refractivity contribution is 9.11. The standard InChI is InChI=1S/C14H14BrFO2S/c1-8(14(17)18)13(11-5-6-12(15)19-11)9-3-2-4-10(16)7-9/h2-6,8-9,13H,7H2,1H3,(H,17,18)/t8-,9?,13-/m1/s1. The Labute approximate surface area is 123 Å². The van der Waals surface area contributed by atoms with E-state index in [1.165, 1.54) is 17.4 Å². The number of rotatable bonds is 4. The lowest BCUT2D eigenvalue weighted by Gasteiger charge is -2.28. The molecule has 0 bridgehead atoms. The van der Waals surface area contributed by atoms with Gasteiger partial charge in [-0.25, -0.2) is 4.39 Å². The Hall–Kier alpha value is -0.940. The third-order valence-corrected chi connectivity index (χ3v) is 5.10. The second-order valence-electron chi connectivity index (χ2n) is 4.66. The van der Waals surface area contributed by atoms with E-state index in [0.29, 0.717) is 0 Å². The average Bonchev–Trinajstić information content (AvgIpc) is 2.76. The van der Waals surface area contributed by atoms with Crippen LogP contribution in [0.15, 0.2) is 40.0 Å². The summed E-state index contributed by atoms with van der Waals surface area (Å²) in [5.74, 6) is -1.90. The molecule has 0 saturated carbocycles. The highest BCUT2D eigenvalue weighted by Gasteiger charge is 2.33. The molecule has 1 aliphatic carbocycles. The topological polar surface area (TPSA) is 37.3 Å². The lowest BCUT2D eigenvalue weighted by molar-refractivity contribution is -0.142. The minimum atomic E-state index is -0.849. The molecule has 0 amide bonds. The van der Waals surface area contributed by atoms with Crippen LogP contribution in [0.5, 0.6) is 0 Å². The number of aliphatic carboxylic acids is 1. The van der Waals surface area contributed by atoms with Crippen molar-refractivity contribution in [3.63, 3.8) is 0 Å². The molecule has 1 aromatic rings. The molecule has 5 heteroatoms. The van der Waals surface area contributed by atoms with Gasteiger partial charge in [0, 0.05) is 17.2 Å². The van der Waals surface area contributed by atoms with Crippen molar-refractivity contribution in [1.29, 1.82) is 0 Å². The van der Waals surface area contributed by atoms with Crippen molar-refractivity contribution in [3.05, 3.63) is 44.9 Å². The summed E-state index contributed by atoms with van der Waals surface area (Å²) < 4.78 is 14.4. The Balaban J connectivity index is 2.32. The zero-order chi connectivity index (χ0) is 14.0. The van der Waals surface area contributed by atoms with Crippen LogP contribution in [-0.4, -0.2) is 11.1 Å². The van der Waals surface area contributed by atoms with Crippen molar-refractivity contribution in [2.24, 2.45) is 11.8 Å². The molecule has 1 aliphatic rings. The van der Waals surface area contributed by atoms with Crippen LogP contribution >= 0.6 is 27.3 Å². The fourth-order valence-corrected chi connectivity index (χ4v) is 4.11. The molecule has 1 unspecified atom stereocenters. The van der Waals surface area contributed by atoms with E-state index >= 15 is 0 Å². The maximum Gasteiger partial charge on any atom is 0.306 e. The molecule has 0 radical (unpaired) electrons. The summed E-state index contributed by atoms with van der Waals surface area (Å²) in [6.07, 6.45) is 5.28. The minimum absolute atomic E-state index is 0.110. The Bertz CT molecular complexity index is 535. The second kappa shape index (κ2) is 6.01. The van der Waals surface area contributed by atoms with Crippen LogP contribution in [0.3, 0.4) is 0 Å². The van der Waals surface area contributed by atoms with E-state index in [4.69, 9.17) is 0 Å². The molecular formula is C14H14BrFO2S. The van der Waals surface area contributed by atoms with Crippen molar-refractivity contribution >= 4 is 33.2 Å². The van der Waals surface area contributed by atoms with Gasteiger partial charge in [-0.2, -0.15) is 0 Å². The van der Waals surface area contributed by atoms with Gasteiger partial charge in [0.25, 0.3) is 0 Å². The molecule has 3 atom stereocenters. The van der Waals surface area contributed by atoms with Gasteiger partial charge < -0.3 is 5.11 Å². The molecule has 19 heavy (non-hydrogen) atoms. The summed E-state index contributed by atoms with van der Waals surface area (Å²) in [4.78, 5) is 12.3. The van der Waals surface area contributed by atoms with Gasteiger partial charge in [-0.3, -0.25) is 4.79 Å². The van der Waals surface area contributed by atoms with Crippen LogP contribution in [0.1, 0.15) is 24.1 Å². The van der Waals surface area contributed by atoms with Gasteiger partial charge in [0.05, 0.1) is 9.70 Å². The number of thiophene rings is 1. The maximum absolute atomic E-state index is 13.4. The van der Waals surface area contributed by atoms with Crippen molar-refractivity contribution in [1.82, 2.24) is 0 Å². The summed E-state index contributed by atoms with van der Waals surface area (Å²) in [5, 5.41) is 9.28. The van der Waals surface area contributed by atoms with Crippen molar-refractivity contribution in [2.45, 2.75) is 19.3 Å². The van der Waals surface area contributed by atoms with Gasteiger partial charge in [-0.1, -0.05) is 19.1 Å². The molecule has 0 spiro atoms. The van der Waals surface area contributed by atoms with E-state index < -0.39 is 11.9 Å². The quantitative estimate of drug-likeness (QED) is 0.855. The SMILES string of the molecule is C[C@@H](C(=O)O)[C@@H](c1ccc(Br)s1)C1C=CC=C(F)C1. The molecule has 102 valence electrons. The first kappa shape index (κ1) is 14.5. The molecule has 1 aromatic heterocycles. The number of carboxylic acids is 1. The number of allylic oxidation sites excluding steroid dienone is 4. The summed E-state index contributed by atoms with van der Waals surface area (Å²) in [6.45, 7) is 1.69. The molecule has 0 aromatic carbocycles. The fraction of sp³-hybridized carbons (Fsp3) is 0.357. The van der Waals surface area contributed by atoms with Crippen LogP contribution in [0.25, 0.3) is 0 Å². The Kier molecular flexibility index (Phi) is 4.58. The number of hydrogen-bond acceptors (Lipinski definition) is 2. The molecule has 1 heterocycles. The van der Waals surface area contributed by atoms with Crippen LogP contribution in [0.2, 0.25) is 0 Å². The number of carboxylic acid groups (broad SMARTS) is 1. The molecular weight excluding hydrogens is 331 g/mol. The van der Waals surface area contributed by atoms with Gasteiger partial charge in [-0.15, -0.1) is 11.3 Å². The fourth-order valence-electron chi connectivity index (χ4n) is 2.40. The van der Waals surface area contributed by atoms with E-state index in [1.807, 2.05) is 18.2 Å². The highest BCUT2D eigenvalue weighted by atomic mass is 79.9. The van der Waals surface area contributed by atoms with E-state index in [0.717, 1.165) is 8.66 Å². The first-order valence-corrected chi connectivity index (χ1v) is 7.61. The maximum atomic E-state index is 13.4. The van der Waals surface area contributed by atoms with Crippen molar-refractivity contribution in [2.75, 3.05) is 0 Å². The average molecular weight is 345 g/mol. The van der Waals surface area contributed by atoms with E-state index in [2.05, 4.69) is 15.9 Å². The normalized spacial score (nSPS) is 21.8. The molecule has 0 aliphatic heterocycles. The highest BCUT2D eigenvalue weighted by Crippen LogP contribution is 2.42. The summed E-state index contributed by atoms with van der Waals surface area (Å²) in [7, 11) is 0. The monoisotopic (exact) mass is 344 g/mol. The second-order valence-corrected chi connectivity index (χ2v) is 7.16. The number of hydrogen-bond donors (Lipinski definition) is 1. The van der Waals surface area contributed by atoms with E-state index in [-0.39, 0.29) is 24.1 Å². The van der Waals surface area contributed by atoms with Crippen LogP contribution < -0.4 is 0 Å². The van der Waals surface area contributed by atoms with Crippen LogP contribution in [0, 0.1) is 11.8 Å². The van der Waals surface area contributed by atoms with Gasteiger partial charge in [0.2, 0.25) is 0 Å². The third-order valence-electron chi connectivity index (χ3n) is 3.38. The van der Waals surface area contributed by atoms with Crippen LogP contribution in [-0.2, 0) is 4.79 Å². The number of halogens is 2. The first-order chi connectivity index (χ1) is 8.99. The molecule has 2 rings (SSSR count). The van der Waals surface area contributed by atoms with Crippen molar-refractivity contribution in [3.8, 4) is 0 Å². The molecule has 1 N–H and O–H groups in total. The minimum Gasteiger partial charge on any atom is -0.481 e. The summed E-state index contributed by atoms with van der Waals surface area (Å²) in [6, 6.07) is 3.82. The van der Waals surface area contributed by atoms with Gasteiger partial charge in [0.15, 0.2) is 0 Å². The molecule has 2 nitrogen and oxygen atoms in total. The van der Waals surface area contributed by atoms with Gasteiger partial charge >= 0.3 is 5.97 Å². The van der Waals surface area contributed by atoms with Crippen LogP contribution in [0.4, 0.5) is 4.39 Å². The van der Waals surface area contributed by atoms with Crippen molar-refractivity contribution < 1.29 is 14.3 Å². The largest absolute Gasteiger partial charge is 0.481 e. The van der Waals surface area contributed by atoms with E-state index in [1.54, 1.807) is 13.0 Å². The molecule has 0 fully saturated rings. The lowest BCUT2D eigenvalue weighted by Crippen LogP contribution is -2.25. The Morgan fingerprint density at radius 1 is 1.58 bits per heavy atom. The first-order valence-electron chi connectivity index (χ1n) is 6.00. The predicted molar refractivity (Wildman–Crippen MR) is 78.0 cm³/mol. The summed E-state index contributed by atoms with van der Waals surface area (Å²) >= 11 is 4.90. The van der Waals surface area contributed by atoms with E-state index in [9.17, 15) is 14.3 Å². The Morgan fingerprint density at radius 3 is 2.84 bits per heavy atom. The predicted octanol–water partition coefficient (Wildman–Crippen LogP) is 4.74. The Morgan fingerprint density at radius 2 is 2.32 bits per heavy atom. The lowest BCUT2D eigenvalue weighted by atomic mass is 9.78. The van der Waals surface area contributed by atoms with Gasteiger partial charge in [-0.05, 0) is 40.1 Å². The summed E-state index contributed by atoms with van der Waals surface area (Å²) in [5.41, 5.74) is 0. The smallest absolute Gasteiger partial charge is 0.306 e. The number of carbonyl (C=O) groups is 1. The molecule has 0 saturated heterocycles.